The second-order valence-corrected chi connectivity index (χ2v) is 9.23. The van der Waals surface area contributed by atoms with Crippen LogP contribution < -0.4 is 16.0 Å². The molecule has 10 heteroatoms. The number of amides is 1. The van der Waals surface area contributed by atoms with E-state index < -0.39 is 23.6 Å². The Labute approximate surface area is 193 Å². The molecule has 4 N–H and O–H groups in total. The third-order valence-corrected chi connectivity index (χ3v) is 6.96. The molecule has 2 aromatic heterocycles. The van der Waals surface area contributed by atoms with E-state index in [1.165, 1.54) is 11.4 Å². The van der Waals surface area contributed by atoms with E-state index in [4.69, 9.17) is 5.73 Å². The summed E-state index contributed by atoms with van der Waals surface area (Å²) in [6.45, 7) is 1.43. The molecule has 0 spiro atoms. The number of carbonyl (C=O) groups is 1. The molecule has 5 rings (SSSR count). The van der Waals surface area contributed by atoms with Crippen LogP contribution in [-0.2, 0) is 6.42 Å². The van der Waals surface area contributed by atoms with Gasteiger partial charge in [-0.25, -0.2) is 13.8 Å². The number of fused-ring (bicyclic) bond motifs is 1. The summed E-state index contributed by atoms with van der Waals surface area (Å²) in [5, 5.41) is 14.7. The number of thiazole rings is 1. The van der Waals surface area contributed by atoms with Crippen LogP contribution in [0.2, 0.25) is 0 Å². The summed E-state index contributed by atoms with van der Waals surface area (Å²) in [4.78, 5) is 23.7. The Morgan fingerprint density at radius 1 is 1.27 bits per heavy atom. The van der Waals surface area contributed by atoms with Crippen molar-refractivity contribution in [2.45, 2.75) is 37.8 Å². The number of benzene rings is 1. The Morgan fingerprint density at radius 2 is 2.06 bits per heavy atom. The van der Waals surface area contributed by atoms with Gasteiger partial charge in [-0.1, -0.05) is 6.07 Å². The summed E-state index contributed by atoms with van der Waals surface area (Å²) >= 11 is 0.995. The van der Waals surface area contributed by atoms with Crippen molar-refractivity contribution in [3.8, 4) is 10.6 Å². The van der Waals surface area contributed by atoms with Gasteiger partial charge in [0.1, 0.15) is 22.3 Å². The predicted octanol–water partition coefficient (Wildman–Crippen LogP) is 3.64. The number of nitrogens with zero attached hydrogens (tertiary/aromatic N) is 3. The van der Waals surface area contributed by atoms with Crippen molar-refractivity contribution in [1.82, 2.24) is 9.97 Å². The molecule has 7 nitrogen and oxygen atoms in total. The molecular weight excluding hydrogens is 448 g/mol. The maximum absolute atomic E-state index is 14.1. The zero-order valence-electron chi connectivity index (χ0n) is 17.7. The number of anilines is 2. The highest BCUT2D eigenvalue weighted by molar-refractivity contribution is 7.13. The molecule has 1 saturated heterocycles. The maximum Gasteiger partial charge on any atom is 0.275 e. The van der Waals surface area contributed by atoms with Crippen LogP contribution >= 0.6 is 11.3 Å². The van der Waals surface area contributed by atoms with Crippen LogP contribution in [0.15, 0.2) is 29.8 Å². The highest BCUT2D eigenvalue weighted by atomic mass is 32.1. The highest BCUT2D eigenvalue weighted by Gasteiger charge is 2.31. The van der Waals surface area contributed by atoms with E-state index >= 15 is 0 Å². The van der Waals surface area contributed by atoms with Gasteiger partial charge in [-0.05, 0) is 37.8 Å². The second-order valence-electron chi connectivity index (χ2n) is 8.38. The van der Waals surface area contributed by atoms with Gasteiger partial charge in [-0.3, -0.25) is 9.78 Å². The monoisotopic (exact) mass is 471 g/mol. The van der Waals surface area contributed by atoms with Gasteiger partial charge in [-0.15, -0.1) is 11.3 Å². The normalized spacial score (nSPS) is 20.1. The average molecular weight is 472 g/mol. The Balaban J connectivity index is 1.46. The number of hydrogen-bond donors (Lipinski definition) is 3. The van der Waals surface area contributed by atoms with Crippen molar-refractivity contribution in [1.29, 1.82) is 0 Å². The number of halogens is 2. The lowest BCUT2D eigenvalue weighted by molar-refractivity contribution is 0.102. The first-order valence-corrected chi connectivity index (χ1v) is 11.7. The molecule has 1 amide bonds. The van der Waals surface area contributed by atoms with Crippen LogP contribution in [0.1, 0.15) is 47.1 Å². The minimum atomic E-state index is -0.735. The van der Waals surface area contributed by atoms with Crippen molar-refractivity contribution in [2.75, 3.05) is 23.3 Å². The molecule has 2 atom stereocenters. The molecule has 1 aromatic carbocycles. The number of hydrogen-bond acceptors (Lipinski definition) is 7. The lowest BCUT2D eigenvalue weighted by Crippen LogP contribution is -2.43. The first-order valence-electron chi connectivity index (χ1n) is 10.8. The molecule has 33 heavy (non-hydrogen) atoms. The van der Waals surface area contributed by atoms with Crippen molar-refractivity contribution in [3.63, 3.8) is 0 Å². The maximum atomic E-state index is 14.1. The molecule has 1 aliphatic carbocycles. The highest BCUT2D eigenvalue weighted by Crippen LogP contribution is 2.41. The van der Waals surface area contributed by atoms with Crippen molar-refractivity contribution >= 4 is 28.6 Å². The van der Waals surface area contributed by atoms with Crippen LogP contribution in [0.5, 0.6) is 0 Å². The molecule has 0 bridgehead atoms. The zero-order chi connectivity index (χ0) is 23.1. The molecule has 2 unspecified atom stereocenters. The minimum absolute atomic E-state index is 0.0224. The van der Waals surface area contributed by atoms with Crippen LogP contribution in [0.4, 0.5) is 20.2 Å². The van der Waals surface area contributed by atoms with Crippen molar-refractivity contribution in [3.05, 3.63) is 58.4 Å². The number of piperidine rings is 1. The van der Waals surface area contributed by atoms with Crippen LogP contribution in [0.25, 0.3) is 10.6 Å². The zero-order valence-corrected chi connectivity index (χ0v) is 18.5. The molecule has 3 aromatic rings. The van der Waals surface area contributed by atoms with E-state index in [9.17, 15) is 18.7 Å². The first-order chi connectivity index (χ1) is 15.9. The molecule has 0 radical (unpaired) electrons. The summed E-state index contributed by atoms with van der Waals surface area (Å²) in [6, 6.07) is 3.61. The second kappa shape index (κ2) is 8.77. The van der Waals surface area contributed by atoms with E-state index in [0.717, 1.165) is 54.1 Å². The van der Waals surface area contributed by atoms with E-state index in [0.29, 0.717) is 30.8 Å². The predicted molar refractivity (Wildman–Crippen MR) is 122 cm³/mol. The topological polar surface area (TPSA) is 104 Å². The van der Waals surface area contributed by atoms with Gasteiger partial charge < -0.3 is 21.1 Å². The number of aliphatic hydroxyl groups excluding tert-OH is 1. The third-order valence-electron chi connectivity index (χ3n) is 6.10. The summed E-state index contributed by atoms with van der Waals surface area (Å²) in [5.74, 6) is -1.97. The van der Waals surface area contributed by atoms with Gasteiger partial charge >= 0.3 is 0 Å². The SMILES string of the molecule is NC1CCCN(c2c(NC(=O)c3csc(-c4c(F)cccc4F)n3)cnc3c2CCC3O)C1. The summed E-state index contributed by atoms with van der Waals surface area (Å²) in [6.07, 6.45) is 4.02. The Morgan fingerprint density at radius 3 is 2.82 bits per heavy atom. The first kappa shape index (κ1) is 21.9. The molecular formula is C23H23F2N5O2S. The third kappa shape index (κ3) is 4.09. The Hall–Kier alpha value is -2.95. The number of nitrogens with two attached hydrogens (primary N) is 1. The van der Waals surface area contributed by atoms with Gasteiger partial charge in [0.15, 0.2) is 0 Å². The van der Waals surface area contributed by atoms with Crippen molar-refractivity contribution in [2.24, 2.45) is 5.73 Å². The van der Waals surface area contributed by atoms with Gasteiger partial charge in [0.05, 0.1) is 34.9 Å². The smallest absolute Gasteiger partial charge is 0.275 e. The van der Waals surface area contributed by atoms with Gasteiger partial charge in [-0.2, -0.15) is 0 Å². The van der Waals surface area contributed by atoms with Crippen LogP contribution in [0, 0.1) is 11.6 Å². The molecule has 1 aliphatic heterocycles. The van der Waals surface area contributed by atoms with E-state index in [-0.39, 0.29) is 22.3 Å². The lowest BCUT2D eigenvalue weighted by Gasteiger charge is -2.35. The largest absolute Gasteiger partial charge is 0.387 e. The molecule has 172 valence electrons. The lowest BCUT2D eigenvalue weighted by atomic mass is 10.0. The number of aromatic nitrogens is 2. The van der Waals surface area contributed by atoms with Gasteiger partial charge in [0.25, 0.3) is 5.91 Å². The fraction of sp³-hybridized carbons (Fsp3) is 0.348. The minimum Gasteiger partial charge on any atom is -0.387 e. The Bertz CT molecular complexity index is 1200. The average Bonchev–Trinajstić information content (AvgIpc) is 3.41. The number of nitrogens with one attached hydrogen (secondary N) is 1. The fourth-order valence-corrected chi connectivity index (χ4v) is 5.40. The summed E-state index contributed by atoms with van der Waals surface area (Å²) in [7, 11) is 0. The van der Waals surface area contributed by atoms with Gasteiger partial charge in [0.2, 0.25) is 0 Å². The number of rotatable bonds is 4. The van der Waals surface area contributed by atoms with E-state index in [1.54, 1.807) is 6.20 Å². The van der Waals surface area contributed by atoms with Crippen molar-refractivity contribution < 1.29 is 18.7 Å². The van der Waals surface area contributed by atoms with E-state index in [1.807, 2.05) is 0 Å². The molecule has 3 heterocycles. The molecule has 2 aliphatic rings. The Kier molecular flexibility index (Phi) is 5.81. The quantitative estimate of drug-likeness (QED) is 0.537. The van der Waals surface area contributed by atoms with E-state index in [2.05, 4.69) is 20.2 Å². The fourth-order valence-electron chi connectivity index (χ4n) is 4.56. The molecule has 1 fully saturated rings. The van der Waals surface area contributed by atoms with Gasteiger partial charge in [0, 0.05) is 30.1 Å². The number of pyridine rings is 1. The van der Waals surface area contributed by atoms with Crippen LogP contribution in [0.3, 0.4) is 0 Å². The number of carbonyl (C=O) groups excluding carboxylic acids is 1. The number of aliphatic hydroxyl groups is 1. The summed E-state index contributed by atoms with van der Waals surface area (Å²) < 4.78 is 28.2. The van der Waals surface area contributed by atoms with Crippen LogP contribution in [-0.4, -0.2) is 40.1 Å². The summed E-state index contributed by atoms with van der Waals surface area (Å²) in [5.41, 5.74) is 8.89. The molecule has 0 saturated carbocycles. The standard InChI is InChI=1S/C23H23F2N5O2S/c24-14-4-1-5-15(25)19(14)23-29-17(11-33-23)22(32)28-16-9-27-20-13(6-7-18(20)31)21(16)30-8-2-3-12(26)10-30/h1,4-5,9,11-12,18,31H,2-3,6-8,10,26H2,(H,28,32).